The van der Waals surface area contributed by atoms with E-state index in [1.54, 1.807) is 6.08 Å². The van der Waals surface area contributed by atoms with Gasteiger partial charge < -0.3 is 4.74 Å². The highest BCUT2D eigenvalue weighted by Crippen LogP contribution is 2.06. The third-order valence-electron chi connectivity index (χ3n) is 2.17. The van der Waals surface area contributed by atoms with Crippen molar-refractivity contribution >= 4 is 10.0 Å². The second kappa shape index (κ2) is 7.63. The highest BCUT2D eigenvalue weighted by molar-refractivity contribution is 7.89. The summed E-state index contributed by atoms with van der Waals surface area (Å²) in [5.41, 5.74) is 0.173. The second-order valence-electron chi connectivity index (χ2n) is 3.58. The Balaban J connectivity index is 2.47. The molecule has 0 amide bonds. The Morgan fingerprint density at radius 2 is 2.26 bits per heavy atom. The number of nitrogens with zero attached hydrogens (tertiary/aromatic N) is 2. The predicted molar refractivity (Wildman–Crippen MR) is 69.8 cm³/mol. The van der Waals surface area contributed by atoms with Crippen LogP contribution in [0.3, 0.4) is 0 Å². The Bertz CT molecular complexity index is 547. The van der Waals surface area contributed by atoms with Crippen LogP contribution in [-0.2, 0) is 14.8 Å². The van der Waals surface area contributed by atoms with E-state index in [1.807, 2.05) is 6.07 Å². The van der Waals surface area contributed by atoms with Gasteiger partial charge in [-0.05, 0) is 18.6 Å². The largest absolute Gasteiger partial charge is 0.380 e. The number of nitrogens with one attached hydrogen (secondary N) is 1. The van der Waals surface area contributed by atoms with Crippen molar-refractivity contribution in [3.05, 3.63) is 36.7 Å². The van der Waals surface area contributed by atoms with Gasteiger partial charge >= 0.3 is 0 Å². The Kier molecular flexibility index (Phi) is 6.15. The summed E-state index contributed by atoms with van der Waals surface area (Å²) in [5.74, 6) is 0. The first-order chi connectivity index (χ1) is 9.10. The third-order valence-corrected chi connectivity index (χ3v) is 3.61. The molecule has 0 saturated carbocycles. The molecule has 6 nitrogen and oxygen atoms in total. The molecule has 0 aliphatic carbocycles. The van der Waals surface area contributed by atoms with Crippen LogP contribution < -0.4 is 4.72 Å². The summed E-state index contributed by atoms with van der Waals surface area (Å²) in [6.07, 6.45) is 3.61. The first-order valence-electron chi connectivity index (χ1n) is 5.64. The van der Waals surface area contributed by atoms with Crippen LogP contribution in [0.5, 0.6) is 0 Å². The van der Waals surface area contributed by atoms with Crippen molar-refractivity contribution in [2.24, 2.45) is 0 Å². The van der Waals surface area contributed by atoms with Crippen molar-refractivity contribution < 1.29 is 13.2 Å². The Labute approximate surface area is 112 Å². The molecule has 0 spiro atoms. The second-order valence-corrected chi connectivity index (χ2v) is 5.35. The SMILES string of the molecule is C=CCCOCCNS(=O)(=O)c1ccc(C#N)nc1. The maximum absolute atomic E-state index is 11.8. The van der Waals surface area contributed by atoms with Gasteiger partial charge in [-0.25, -0.2) is 18.1 Å². The van der Waals surface area contributed by atoms with Crippen LogP contribution in [-0.4, -0.2) is 33.2 Å². The minimum atomic E-state index is -3.60. The molecule has 1 aromatic heterocycles. The van der Waals surface area contributed by atoms with E-state index in [-0.39, 0.29) is 23.7 Å². The molecule has 19 heavy (non-hydrogen) atoms. The lowest BCUT2D eigenvalue weighted by Gasteiger charge is -2.06. The number of hydrogen-bond donors (Lipinski definition) is 1. The smallest absolute Gasteiger partial charge is 0.242 e. The fraction of sp³-hybridized carbons (Fsp3) is 0.333. The summed E-state index contributed by atoms with van der Waals surface area (Å²) in [6, 6.07) is 4.52. The molecule has 0 aliphatic rings. The van der Waals surface area contributed by atoms with E-state index < -0.39 is 10.0 Å². The molecule has 1 aromatic rings. The number of nitriles is 1. The van der Waals surface area contributed by atoms with Crippen LogP contribution in [0.15, 0.2) is 35.9 Å². The molecule has 0 fully saturated rings. The summed E-state index contributed by atoms with van der Waals surface area (Å²) in [5, 5.41) is 8.57. The normalized spacial score (nSPS) is 10.9. The monoisotopic (exact) mass is 281 g/mol. The van der Waals surface area contributed by atoms with E-state index in [0.29, 0.717) is 6.61 Å². The Hall–Kier alpha value is -1.75. The highest BCUT2D eigenvalue weighted by atomic mass is 32.2. The van der Waals surface area contributed by atoms with Gasteiger partial charge in [-0.1, -0.05) is 6.08 Å². The zero-order valence-corrected chi connectivity index (χ0v) is 11.2. The third kappa shape index (κ3) is 5.18. The number of rotatable bonds is 8. The van der Waals surface area contributed by atoms with Gasteiger partial charge in [-0.2, -0.15) is 5.26 Å². The molecule has 102 valence electrons. The molecule has 0 unspecified atom stereocenters. The van der Waals surface area contributed by atoms with Gasteiger partial charge in [0.15, 0.2) is 0 Å². The molecule has 0 bridgehead atoms. The van der Waals surface area contributed by atoms with Gasteiger partial charge in [0.2, 0.25) is 10.0 Å². The van der Waals surface area contributed by atoms with E-state index in [0.717, 1.165) is 12.6 Å². The van der Waals surface area contributed by atoms with Crippen molar-refractivity contribution in [3.8, 4) is 6.07 Å². The maximum Gasteiger partial charge on any atom is 0.242 e. The van der Waals surface area contributed by atoms with Gasteiger partial charge in [0.25, 0.3) is 0 Å². The lowest BCUT2D eigenvalue weighted by atomic mass is 10.4. The minimum absolute atomic E-state index is 0.0255. The maximum atomic E-state index is 11.8. The van der Waals surface area contributed by atoms with Crippen LogP contribution in [0.1, 0.15) is 12.1 Å². The zero-order chi connectivity index (χ0) is 14.1. The van der Waals surface area contributed by atoms with E-state index in [4.69, 9.17) is 10.00 Å². The molecule has 1 rings (SSSR count). The quantitative estimate of drug-likeness (QED) is 0.562. The van der Waals surface area contributed by atoms with Crippen molar-refractivity contribution in [1.29, 1.82) is 5.26 Å². The van der Waals surface area contributed by atoms with Gasteiger partial charge in [-0.15, -0.1) is 6.58 Å². The van der Waals surface area contributed by atoms with Gasteiger partial charge in [0.1, 0.15) is 16.7 Å². The first-order valence-corrected chi connectivity index (χ1v) is 7.13. The number of sulfonamides is 1. The van der Waals surface area contributed by atoms with Crippen LogP contribution >= 0.6 is 0 Å². The van der Waals surface area contributed by atoms with E-state index in [2.05, 4.69) is 16.3 Å². The van der Waals surface area contributed by atoms with Gasteiger partial charge in [-0.3, -0.25) is 0 Å². The molecule has 1 N–H and O–H groups in total. The molecular weight excluding hydrogens is 266 g/mol. The standard InChI is InChI=1S/C12H15N3O3S/c1-2-3-7-18-8-6-15-19(16,17)12-5-4-11(9-13)14-10-12/h2,4-5,10,15H,1,3,6-8H2. The first kappa shape index (κ1) is 15.3. The molecular formula is C12H15N3O3S. The van der Waals surface area contributed by atoms with Gasteiger partial charge in [0, 0.05) is 12.7 Å². The number of pyridine rings is 1. The van der Waals surface area contributed by atoms with Crippen LogP contribution in [0.2, 0.25) is 0 Å². The molecule has 0 atom stereocenters. The molecule has 0 aromatic carbocycles. The van der Waals surface area contributed by atoms with Crippen LogP contribution in [0, 0.1) is 11.3 Å². The van der Waals surface area contributed by atoms with Crippen LogP contribution in [0.25, 0.3) is 0 Å². The lowest BCUT2D eigenvalue weighted by Crippen LogP contribution is -2.27. The number of aromatic nitrogens is 1. The van der Waals surface area contributed by atoms with Crippen molar-refractivity contribution in [1.82, 2.24) is 9.71 Å². The average Bonchev–Trinajstić information content (AvgIpc) is 2.43. The topological polar surface area (TPSA) is 92.1 Å². The van der Waals surface area contributed by atoms with Gasteiger partial charge in [0.05, 0.1) is 13.2 Å². The molecule has 7 heteroatoms. The molecule has 0 saturated heterocycles. The van der Waals surface area contributed by atoms with Crippen molar-refractivity contribution in [2.75, 3.05) is 19.8 Å². The summed E-state index contributed by atoms with van der Waals surface area (Å²) in [6.45, 7) is 4.54. The fourth-order valence-corrected chi connectivity index (χ4v) is 2.16. The summed E-state index contributed by atoms with van der Waals surface area (Å²) in [4.78, 5) is 3.74. The number of ether oxygens (including phenoxy) is 1. The molecule has 1 heterocycles. The Morgan fingerprint density at radius 1 is 1.47 bits per heavy atom. The summed E-state index contributed by atoms with van der Waals surface area (Å²) < 4.78 is 31.2. The number of hydrogen-bond acceptors (Lipinski definition) is 5. The summed E-state index contributed by atoms with van der Waals surface area (Å²) in [7, 11) is -3.60. The average molecular weight is 281 g/mol. The fourth-order valence-electron chi connectivity index (χ4n) is 1.21. The van der Waals surface area contributed by atoms with Crippen molar-refractivity contribution in [3.63, 3.8) is 0 Å². The highest BCUT2D eigenvalue weighted by Gasteiger charge is 2.13. The lowest BCUT2D eigenvalue weighted by molar-refractivity contribution is 0.144. The summed E-state index contributed by atoms with van der Waals surface area (Å²) >= 11 is 0. The van der Waals surface area contributed by atoms with E-state index >= 15 is 0 Å². The predicted octanol–water partition coefficient (Wildman–Crippen LogP) is 0.824. The minimum Gasteiger partial charge on any atom is -0.380 e. The van der Waals surface area contributed by atoms with Crippen LogP contribution in [0.4, 0.5) is 0 Å². The van der Waals surface area contributed by atoms with E-state index in [9.17, 15) is 8.42 Å². The Morgan fingerprint density at radius 3 is 2.84 bits per heavy atom. The molecule has 0 aliphatic heterocycles. The molecule has 0 radical (unpaired) electrons. The van der Waals surface area contributed by atoms with Crippen molar-refractivity contribution in [2.45, 2.75) is 11.3 Å². The zero-order valence-electron chi connectivity index (χ0n) is 10.4. The van der Waals surface area contributed by atoms with E-state index in [1.165, 1.54) is 12.1 Å².